The molecule has 20 nitrogen and oxygen atoms in total. The molecule has 21 heteroatoms. The molecule has 388 valence electrons. The number of hydroxylamine groups is 2. The van der Waals surface area contributed by atoms with Gasteiger partial charge in [-0.25, -0.2) is 9.59 Å². The van der Waals surface area contributed by atoms with Gasteiger partial charge in [0.1, 0.15) is 17.9 Å². The van der Waals surface area contributed by atoms with Gasteiger partial charge in [0.05, 0.1) is 53.3 Å². The van der Waals surface area contributed by atoms with Gasteiger partial charge in [-0.05, 0) is 126 Å². The van der Waals surface area contributed by atoms with Crippen LogP contribution in [0.2, 0.25) is 0 Å². The topological polar surface area (TPSA) is 249 Å². The van der Waals surface area contributed by atoms with Crippen LogP contribution in [0.5, 0.6) is 34.5 Å². The number of likely N-dealkylation sites (tertiary alicyclic amines) is 1. The van der Waals surface area contributed by atoms with Crippen LogP contribution in [0, 0.1) is 5.41 Å². The van der Waals surface area contributed by atoms with Crippen LogP contribution in [-0.2, 0) is 54.9 Å². The molecule has 2 N–H and O–H groups in total. The summed E-state index contributed by atoms with van der Waals surface area (Å²) < 4.78 is 72.4. The van der Waals surface area contributed by atoms with Gasteiger partial charge in [0.25, 0.3) is 27.8 Å². The van der Waals surface area contributed by atoms with Crippen molar-refractivity contribution < 1.29 is 79.7 Å². The van der Waals surface area contributed by atoms with Gasteiger partial charge in [0, 0.05) is 12.1 Å². The second-order valence-electron chi connectivity index (χ2n) is 18.6. The van der Waals surface area contributed by atoms with Crippen LogP contribution in [0.4, 0.5) is 0 Å². The van der Waals surface area contributed by atoms with Crippen LogP contribution < -0.4 is 33.7 Å². The van der Waals surface area contributed by atoms with Crippen LogP contribution in [-0.4, -0.2) is 124 Å². The van der Waals surface area contributed by atoms with E-state index in [0.29, 0.717) is 84.9 Å². The standard InChI is InChI=1S/C50H65N3O17S/c1-11-34(32-25-39(65-8)44(67-10)40(26-32)66-9)45(56)52-22-13-12-17-35(52)47(58)69-36(20-18-30-19-21-37(63-6)38(23-30)64-7)31-15-14-16-33(24-31)68-28-42(54)51-50(4,5)29-49(2,3)48(59)70-53-43(55)27-41(46(53)57)71(60,61)62/h14-16,19,21,23-26,34-36,41H,11-13,17-18,20,22,27-29H2,1-10H3,(H,51,54)(H,60,61,62)/t34-,35-,36+,41?/m0/s1. The summed E-state index contributed by atoms with van der Waals surface area (Å²) in [5, 5.41) is 0.763. The number of piperidine rings is 1. The Hall–Kier alpha value is -6.61. The molecule has 1 unspecified atom stereocenters. The van der Waals surface area contributed by atoms with E-state index in [9.17, 15) is 41.7 Å². The quantitative estimate of drug-likeness (QED) is 0.0658. The van der Waals surface area contributed by atoms with E-state index >= 15 is 0 Å². The Balaban J connectivity index is 1.32. The minimum atomic E-state index is -4.92. The number of hydrogen-bond donors (Lipinski definition) is 2. The lowest BCUT2D eigenvalue weighted by molar-refractivity contribution is -0.204. The first-order valence-corrected chi connectivity index (χ1v) is 24.6. The second-order valence-corrected chi connectivity index (χ2v) is 20.2. The van der Waals surface area contributed by atoms with Gasteiger partial charge in [-0.3, -0.25) is 23.7 Å². The molecule has 0 aromatic heterocycles. The van der Waals surface area contributed by atoms with Crippen molar-refractivity contribution in [3.05, 3.63) is 71.3 Å². The number of nitrogens with zero attached hydrogens (tertiary/aromatic N) is 2. The Morgan fingerprint density at radius 1 is 0.831 bits per heavy atom. The molecular formula is C50H65N3O17S. The molecule has 0 saturated carbocycles. The second kappa shape index (κ2) is 23.5. The molecule has 5 rings (SSSR count). The number of amides is 4. The van der Waals surface area contributed by atoms with Crippen molar-refractivity contribution in [2.24, 2.45) is 5.41 Å². The van der Waals surface area contributed by atoms with E-state index in [0.717, 1.165) is 5.56 Å². The smallest absolute Gasteiger partial charge is 0.338 e. The molecule has 2 aliphatic rings. The number of benzene rings is 3. The highest BCUT2D eigenvalue weighted by Crippen LogP contribution is 2.42. The largest absolute Gasteiger partial charge is 0.493 e. The van der Waals surface area contributed by atoms with Crippen molar-refractivity contribution in [2.75, 3.05) is 48.7 Å². The maximum Gasteiger partial charge on any atom is 0.338 e. The van der Waals surface area contributed by atoms with Crippen LogP contribution >= 0.6 is 0 Å². The van der Waals surface area contributed by atoms with Crippen molar-refractivity contribution in [1.29, 1.82) is 0 Å². The minimum Gasteiger partial charge on any atom is -0.493 e. The number of nitrogens with one attached hydrogen (secondary N) is 1. The zero-order chi connectivity index (χ0) is 52.4. The van der Waals surface area contributed by atoms with Crippen molar-refractivity contribution in [3.8, 4) is 34.5 Å². The number of imide groups is 1. The van der Waals surface area contributed by atoms with E-state index in [-0.39, 0.29) is 23.1 Å². The van der Waals surface area contributed by atoms with E-state index in [1.807, 2.05) is 19.1 Å². The number of ether oxygens (including phenoxy) is 7. The average molecular weight is 1010 g/mol. The third-order valence-corrected chi connectivity index (χ3v) is 13.5. The third-order valence-electron chi connectivity index (χ3n) is 12.4. The maximum absolute atomic E-state index is 14.5. The number of esters is 1. The Bertz CT molecular complexity index is 2540. The van der Waals surface area contributed by atoms with Crippen molar-refractivity contribution >= 4 is 45.7 Å². The molecule has 0 radical (unpaired) electrons. The molecule has 3 aromatic rings. The summed E-state index contributed by atoms with van der Waals surface area (Å²) in [4.78, 5) is 86.9. The van der Waals surface area contributed by atoms with Crippen molar-refractivity contribution in [1.82, 2.24) is 15.3 Å². The van der Waals surface area contributed by atoms with Gasteiger partial charge >= 0.3 is 11.9 Å². The van der Waals surface area contributed by atoms with E-state index in [2.05, 4.69) is 5.32 Å². The fourth-order valence-corrected chi connectivity index (χ4v) is 9.75. The highest BCUT2D eigenvalue weighted by atomic mass is 32.2. The number of rotatable bonds is 23. The van der Waals surface area contributed by atoms with Crippen molar-refractivity contribution in [2.45, 2.75) is 115 Å². The predicted molar refractivity (Wildman–Crippen MR) is 256 cm³/mol. The van der Waals surface area contributed by atoms with Gasteiger partial charge < -0.3 is 48.2 Å². The van der Waals surface area contributed by atoms with E-state index in [4.69, 9.17) is 38.0 Å². The van der Waals surface area contributed by atoms with Crippen molar-refractivity contribution in [3.63, 3.8) is 0 Å². The lowest BCUT2D eigenvalue weighted by Crippen LogP contribution is -2.50. The summed E-state index contributed by atoms with van der Waals surface area (Å²) in [7, 11) is 2.66. The average Bonchev–Trinajstić information content (AvgIpc) is 3.63. The first-order valence-electron chi connectivity index (χ1n) is 23.1. The van der Waals surface area contributed by atoms with Gasteiger partial charge in [-0.2, -0.15) is 8.42 Å². The Kier molecular flexibility index (Phi) is 18.3. The fourth-order valence-electron chi connectivity index (χ4n) is 9.05. The zero-order valence-electron chi connectivity index (χ0n) is 41.9. The van der Waals surface area contributed by atoms with Gasteiger partial charge in [0.15, 0.2) is 34.9 Å². The van der Waals surface area contributed by atoms with Crippen LogP contribution in [0.25, 0.3) is 0 Å². The number of aryl methyl sites for hydroxylation is 1. The van der Waals surface area contributed by atoms with Gasteiger partial charge in [-0.15, -0.1) is 5.06 Å². The summed E-state index contributed by atoms with van der Waals surface area (Å²) in [6.45, 7) is 7.95. The fraction of sp³-hybridized carbons (Fsp3) is 0.520. The number of hydrogen-bond acceptors (Lipinski definition) is 16. The van der Waals surface area contributed by atoms with E-state index < -0.39 is 87.1 Å². The molecule has 2 fully saturated rings. The SMILES string of the molecule is CC[C@H](C(=O)N1CCCC[C@H]1C(=O)O[C@H](CCc1ccc(OC)c(OC)c1)c1cccc(OCC(=O)NC(C)(C)CC(C)(C)C(=O)ON2C(=O)CC(S(=O)(=O)O)C2=O)c1)c1cc(OC)c(OC)c(OC)c1. The Labute approximate surface area is 414 Å². The predicted octanol–water partition coefficient (Wildman–Crippen LogP) is 5.69. The van der Waals surface area contributed by atoms with E-state index in [1.54, 1.807) is 68.3 Å². The molecule has 4 amide bonds. The Morgan fingerprint density at radius 2 is 1.49 bits per heavy atom. The number of methoxy groups -OCH3 is 5. The molecule has 0 bridgehead atoms. The maximum atomic E-state index is 14.5. The van der Waals surface area contributed by atoms with Crippen LogP contribution in [0.15, 0.2) is 54.6 Å². The lowest BCUT2D eigenvalue weighted by Gasteiger charge is -2.37. The van der Waals surface area contributed by atoms with E-state index in [1.165, 1.54) is 42.3 Å². The molecule has 0 aliphatic carbocycles. The molecule has 2 saturated heterocycles. The summed E-state index contributed by atoms with van der Waals surface area (Å²) in [6.07, 6.45) is 1.16. The molecule has 71 heavy (non-hydrogen) atoms. The molecule has 4 atom stereocenters. The first kappa shape index (κ1) is 55.3. The Morgan fingerprint density at radius 3 is 2.08 bits per heavy atom. The van der Waals surface area contributed by atoms with Gasteiger partial charge in [-0.1, -0.05) is 25.1 Å². The molecule has 3 aromatic carbocycles. The van der Waals surface area contributed by atoms with Gasteiger partial charge in [0.2, 0.25) is 11.7 Å². The third kappa shape index (κ3) is 13.6. The minimum absolute atomic E-state index is 0.0341. The monoisotopic (exact) mass is 1010 g/mol. The summed E-state index contributed by atoms with van der Waals surface area (Å²) in [6, 6.07) is 14.9. The summed E-state index contributed by atoms with van der Waals surface area (Å²) >= 11 is 0. The summed E-state index contributed by atoms with van der Waals surface area (Å²) in [5.41, 5.74) is -0.436. The number of carbonyl (C=O) groups excluding carboxylic acids is 6. The molecular weight excluding hydrogens is 947 g/mol. The normalized spacial score (nSPS) is 17.2. The van der Waals surface area contributed by atoms with Crippen LogP contribution in [0.3, 0.4) is 0 Å². The highest BCUT2D eigenvalue weighted by Gasteiger charge is 2.50. The lowest BCUT2D eigenvalue weighted by atomic mass is 9.80. The van der Waals surface area contributed by atoms with Crippen LogP contribution in [0.1, 0.15) is 108 Å². The number of carbonyl (C=O) groups is 6. The first-order chi connectivity index (χ1) is 33.5. The zero-order valence-corrected chi connectivity index (χ0v) is 42.7. The molecule has 0 spiro atoms. The summed E-state index contributed by atoms with van der Waals surface area (Å²) in [5.74, 6) is -3.04. The highest BCUT2D eigenvalue weighted by molar-refractivity contribution is 7.87. The molecule has 2 heterocycles. The molecule has 2 aliphatic heterocycles.